The zero-order valence-corrected chi connectivity index (χ0v) is 11.3. The molecule has 0 amide bonds. The molecule has 4 N–H and O–H groups in total. The van der Waals surface area contributed by atoms with Gasteiger partial charge in [0.05, 0.1) is 11.5 Å². The lowest BCUT2D eigenvalue weighted by Gasteiger charge is -2.13. The molecule has 2 rings (SSSR count). The van der Waals surface area contributed by atoms with Crippen LogP contribution < -0.4 is 16.6 Å². The molecule has 1 aliphatic heterocycles. The predicted octanol–water partition coefficient (Wildman–Crippen LogP) is 0.124. The number of anilines is 2. The minimum atomic E-state index is -2.91. The summed E-state index contributed by atoms with van der Waals surface area (Å²) < 4.78 is 23.2. The van der Waals surface area contributed by atoms with Crippen LogP contribution in [0.4, 0.5) is 11.6 Å². The van der Waals surface area contributed by atoms with E-state index in [1.54, 1.807) is 0 Å². The van der Waals surface area contributed by atoms with Crippen LogP contribution in [0.2, 0.25) is 0 Å². The first-order valence-corrected chi connectivity index (χ1v) is 7.57. The summed E-state index contributed by atoms with van der Waals surface area (Å²) in [6.07, 6.45) is 1.94. The number of sulfone groups is 1. The number of nitrogens with zero attached hydrogens (tertiary/aromatic N) is 2. The highest BCUT2D eigenvalue weighted by molar-refractivity contribution is 9.10. The first kappa shape index (κ1) is 12.5. The van der Waals surface area contributed by atoms with Crippen LogP contribution in [0.1, 0.15) is 6.42 Å². The molecule has 7 nitrogen and oxygen atoms in total. The summed E-state index contributed by atoms with van der Waals surface area (Å²) in [7, 11) is -2.91. The van der Waals surface area contributed by atoms with Crippen molar-refractivity contribution in [2.75, 3.05) is 22.2 Å². The second-order valence-corrected chi connectivity index (χ2v) is 6.80. The van der Waals surface area contributed by atoms with Gasteiger partial charge in [-0.1, -0.05) is 0 Å². The van der Waals surface area contributed by atoms with Crippen molar-refractivity contribution in [1.82, 2.24) is 9.97 Å². The van der Waals surface area contributed by atoms with Crippen LogP contribution >= 0.6 is 15.9 Å². The molecule has 1 saturated heterocycles. The fourth-order valence-corrected chi connectivity index (χ4v) is 3.78. The van der Waals surface area contributed by atoms with Gasteiger partial charge in [-0.05, 0) is 22.4 Å². The highest BCUT2D eigenvalue weighted by atomic mass is 79.9. The summed E-state index contributed by atoms with van der Waals surface area (Å²) in [6, 6.07) is -0.114. The Bertz CT molecular complexity index is 521. The lowest BCUT2D eigenvalue weighted by atomic mass is 10.2. The second-order valence-electron chi connectivity index (χ2n) is 3.77. The topological polar surface area (TPSA) is 110 Å². The molecule has 1 atom stereocenters. The van der Waals surface area contributed by atoms with Gasteiger partial charge in [-0.25, -0.2) is 24.2 Å². The van der Waals surface area contributed by atoms with Crippen LogP contribution in [-0.2, 0) is 9.84 Å². The maximum Gasteiger partial charge on any atom is 0.159 e. The number of nitrogen functional groups attached to an aromatic ring is 1. The Balaban J connectivity index is 2.15. The van der Waals surface area contributed by atoms with Crippen molar-refractivity contribution < 1.29 is 8.42 Å². The molecule has 0 bridgehead atoms. The molecule has 0 radical (unpaired) electrons. The third-order valence-electron chi connectivity index (χ3n) is 2.50. The van der Waals surface area contributed by atoms with E-state index in [0.717, 1.165) is 0 Å². The van der Waals surface area contributed by atoms with Crippen LogP contribution in [0.3, 0.4) is 0 Å². The van der Waals surface area contributed by atoms with Gasteiger partial charge in [0.15, 0.2) is 15.7 Å². The van der Waals surface area contributed by atoms with Crippen molar-refractivity contribution in [3.63, 3.8) is 0 Å². The van der Waals surface area contributed by atoms with Crippen LogP contribution in [0, 0.1) is 0 Å². The smallest absolute Gasteiger partial charge is 0.159 e. The molecule has 1 aromatic heterocycles. The Morgan fingerprint density at radius 1 is 1.41 bits per heavy atom. The molecular formula is C8H12BrN5O2S. The molecular weight excluding hydrogens is 310 g/mol. The first-order valence-electron chi connectivity index (χ1n) is 4.96. The van der Waals surface area contributed by atoms with E-state index in [-0.39, 0.29) is 17.5 Å². The van der Waals surface area contributed by atoms with E-state index in [1.165, 1.54) is 6.33 Å². The molecule has 0 spiro atoms. The number of hydrogen-bond acceptors (Lipinski definition) is 7. The summed E-state index contributed by atoms with van der Waals surface area (Å²) in [5, 5.41) is 3.07. The number of nitrogens with two attached hydrogens (primary N) is 1. The molecule has 2 heterocycles. The van der Waals surface area contributed by atoms with Crippen LogP contribution in [0.25, 0.3) is 0 Å². The monoisotopic (exact) mass is 321 g/mol. The van der Waals surface area contributed by atoms with Crippen molar-refractivity contribution in [2.45, 2.75) is 12.5 Å². The van der Waals surface area contributed by atoms with Crippen molar-refractivity contribution in [3.05, 3.63) is 10.8 Å². The van der Waals surface area contributed by atoms with Crippen LogP contribution in [0.15, 0.2) is 10.8 Å². The number of rotatable bonds is 3. The number of aromatic nitrogens is 2. The predicted molar refractivity (Wildman–Crippen MR) is 68.2 cm³/mol. The molecule has 1 aromatic rings. The van der Waals surface area contributed by atoms with E-state index in [4.69, 9.17) is 5.84 Å². The second kappa shape index (κ2) is 4.75. The Labute approximate surface area is 107 Å². The van der Waals surface area contributed by atoms with Crippen LogP contribution in [-0.4, -0.2) is 35.9 Å². The maximum absolute atomic E-state index is 11.3. The van der Waals surface area contributed by atoms with E-state index >= 15 is 0 Å². The lowest BCUT2D eigenvalue weighted by Crippen LogP contribution is -2.22. The fourth-order valence-electron chi connectivity index (χ4n) is 1.67. The third-order valence-corrected chi connectivity index (χ3v) is 5.02. The lowest BCUT2D eigenvalue weighted by molar-refractivity contribution is 0.602. The third kappa shape index (κ3) is 2.85. The average Bonchev–Trinajstić information content (AvgIpc) is 2.61. The summed E-state index contributed by atoms with van der Waals surface area (Å²) in [5.41, 5.74) is 2.42. The number of nitrogens with one attached hydrogen (secondary N) is 2. The summed E-state index contributed by atoms with van der Waals surface area (Å²) in [6.45, 7) is 0. The summed E-state index contributed by atoms with van der Waals surface area (Å²) in [4.78, 5) is 7.95. The summed E-state index contributed by atoms with van der Waals surface area (Å²) >= 11 is 3.30. The zero-order valence-electron chi connectivity index (χ0n) is 8.85. The summed E-state index contributed by atoms with van der Waals surface area (Å²) in [5.74, 6) is 6.61. The van der Waals surface area contributed by atoms with Crippen molar-refractivity contribution in [1.29, 1.82) is 0 Å². The highest BCUT2D eigenvalue weighted by Crippen LogP contribution is 2.27. The van der Waals surface area contributed by atoms with Gasteiger partial charge in [0, 0.05) is 6.04 Å². The average molecular weight is 322 g/mol. The van der Waals surface area contributed by atoms with Crippen molar-refractivity contribution >= 4 is 37.4 Å². The Morgan fingerprint density at radius 2 is 2.12 bits per heavy atom. The van der Waals surface area contributed by atoms with Gasteiger partial charge in [-0.3, -0.25) is 0 Å². The molecule has 9 heteroatoms. The highest BCUT2D eigenvalue weighted by Gasteiger charge is 2.28. The standard InChI is InChI=1S/C8H12BrN5O2S/c9-6-7(11-4-12-8(6)14-10)13-5-1-2-17(15,16)3-5/h4-5H,1-3,10H2,(H2,11,12,13,14). The molecule has 1 fully saturated rings. The van der Waals surface area contributed by atoms with E-state index in [1.807, 2.05) is 0 Å². The minimum Gasteiger partial charge on any atom is -0.365 e. The molecule has 94 valence electrons. The van der Waals surface area contributed by atoms with Gasteiger partial charge in [0.2, 0.25) is 0 Å². The first-order chi connectivity index (χ1) is 8.02. The largest absolute Gasteiger partial charge is 0.365 e. The molecule has 17 heavy (non-hydrogen) atoms. The molecule has 1 aliphatic rings. The van der Waals surface area contributed by atoms with Crippen molar-refractivity contribution in [2.24, 2.45) is 5.84 Å². The number of halogens is 1. The van der Waals surface area contributed by atoms with Crippen molar-refractivity contribution in [3.8, 4) is 0 Å². The minimum absolute atomic E-state index is 0.114. The number of hydrogen-bond donors (Lipinski definition) is 3. The van der Waals surface area contributed by atoms with Gasteiger partial charge in [0.1, 0.15) is 16.6 Å². The quantitative estimate of drug-likeness (QED) is 0.536. The Kier molecular flexibility index (Phi) is 3.50. The molecule has 0 aromatic carbocycles. The van der Waals surface area contributed by atoms with Gasteiger partial charge < -0.3 is 10.7 Å². The van der Waals surface area contributed by atoms with E-state index in [9.17, 15) is 8.42 Å². The van der Waals surface area contributed by atoms with Gasteiger partial charge in [0.25, 0.3) is 0 Å². The van der Waals surface area contributed by atoms with Gasteiger partial charge in [-0.15, -0.1) is 0 Å². The fraction of sp³-hybridized carbons (Fsp3) is 0.500. The zero-order chi connectivity index (χ0) is 12.5. The maximum atomic E-state index is 11.3. The van der Waals surface area contributed by atoms with Crippen LogP contribution in [0.5, 0.6) is 0 Å². The molecule has 0 saturated carbocycles. The van der Waals surface area contributed by atoms with E-state index < -0.39 is 9.84 Å². The Hall–Kier alpha value is -0.930. The van der Waals surface area contributed by atoms with E-state index in [0.29, 0.717) is 22.5 Å². The molecule has 0 aliphatic carbocycles. The van der Waals surface area contributed by atoms with E-state index in [2.05, 4.69) is 36.6 Å². The molecule has 1 unspecified atom stereocenters. The normalized spacial score (nSPS) is 22.4. The SMILES string of the molecule is NNc1ncnc(NC2CCS(=O)(=O)C2)c1Br. The van der Waals surface area contributed by atoms with Gasteiger partial charge >= 0.3 is 0 Å². The van der Waals surface area contributed by atoms with Gasteiger partial charge in [-0.2, -0.15) is 0 Å². The Morgan fingerprint density at radius 3 is 2.71 bits per heavy atom. The number of hydrazine groups is 1.